The molecule has 2 rings (SSSR count). The van der Waals surface area contributed by atoms with E-state index in [2.05, 4.69) is 0 Å². The van der Waals surface area contributed by atoms with E-state index in [1.807, 2.05) is 0 Å². The van der Waals surface area contributed by atoms with Crippen LogP contribution < -0.4 is 10.5 Å². The van der Waals surface area contributed by atoms with Crippen molar-refractivity contribution in [3.8, 4) is 5.75 Å². The van der Waals surface area contributed by atoms with Crippen molar-refractivity contribution < 1.29 is 18.7 Å². The molecule has 0 aromatic heterocycles. The first kappa shape index (κ1) is 11.9. The van der Waals surface area contributed by atoms with Crippen LogP contribution in [0.15, 0.2) is 18.2 Å². The summed E-state index contributed by atoms with van der Waals surface area (Å²) in [4.78, 5) is 11.3. The second-order valence-corrected chi connectivity index (χ2v) is 4.03. The predicted octanol–water partition coefficient (Wildman–Crippen LogP) is 1.54. The molecule has 0 saturated carbocycles. The third-order valence-corrected chi connectivity index (χ3v) is 2.62. The van der Waals surface area contributed by atoms with Gasteiger partial charge < -0.3 is 15.2 Å². The number of nitrogens with two attached hydrogens (primary N) is 1. The fourth-order valence-corrected chi connectivity index (χ4v) is 1.72. The van der Waals surface area contributed by atoms with Gasteiger partial charge in [-0.25, -0.2) is 9.18 Å². The monoisotopic (exact) mass is 239 g/mol. The normalized spacial score (nSPS) is 21.1. The zero-order valence-electron chi connectivity index (χ0n) is 9.48. The van der Waals surface area contributed by atoms with Gasteiger partial charge in [-0.3, -0.25) is 0 Å². The molecule has 1 unspecified atom stereocenters. The summed E-state index contributed by atoms with van der Waals surface area (Å²) in [6.07, 6.45) is -0.104. The first-order valence-corrected chi connectivity index (χ1v) is 5.46. The maximum atomic E-state index is 13.1. The van der Waals surface area contributed by atoms with Crippen molar-refractivity contribution in [2.45, 2.75) is 25.5 Å². The zero-order valence-corrected chi connectivity index (χ0v) is 9.48. The van der Waals surface area contributed by atoms with E-state index in [9.17, 15) is 9.18 Å². The maximum absolute atomic E-state index is 13.1. The second kappa shape index (κ2) is 4.71. The molecule has 1 aromatic rings. The summed E-state index contributed by atoms with van der Waals surface area (Å²) in [6, 6.07) is 3.72. The van der Waals surface area contributed by atoms with Crippen LogP contribution in [0, 0.1) is 5.82 Å². The molecular formula is C12H14FNO3. The van der Waals surface area contributed by atoms with Crippen LogP contribution in [0.1, 0.15) is 24.9 Å². The molecule has 0 spiro atoms. The molecule has 1 aliphatic rings. The van der Waals surface area contributed by atoms with Crippen molar-refractivity contribution in [2.75, 3.05) is 6.61 Å². The van der Waals surface area contributed by atoms with Crippen molar-refractivity contribution >= 4 is 5.97 Å². The molecule has 1 heterocycles. The Morgan fingerprint density at radius 1 is 1.59 bits per heavy atom. The fourth-order valence-electron chi connectivity index (χ4n) is 1.72. The van der Waals surface area contributed by atoms with Crippen molar-refractivity contribution in [3.63, 3.8) is 0 Å². The molecule has 1 aromatic carbocycles. The number of rotatable bonds is 3. The van der Waals surface area contributed by atoms with Gasteiger partial charge in [0.2, 0.25) is 0 Å². The molecule has 2 N–H and O–H groups in total. The Hall–Kier alpha value is -1.62. The molecule has 1 saturated heterocycles. The minimum absolute atomic E-state index is 0.359. The van der Waals surface area contributed by atoms with Crippen molar-refractivity contribution in [1.29, 1.82) is 0 Å². The number of ether oxygens (including phenoxy) is 2. The lowest BCUT2D eigenvalue weighted by atomic mass is 10.1. The molecule has 92 valence electrons. The van der Waals surface area contributed by atoms with Gasteiger partial charge >= 0.3 is 5.97 Å². The number of benzene rings is 1. The number of cyclic esters (lactones) is 1. The third-order valence-electron chi connectivity index (χ3n) is 2.62. The van der Waals surface area contributed by atoms with E-state index < -0.39 is 6.10 Å². The summed E-state index contributed by atoms with van der Waals surface area (Å²) >= 11 is 0. The Morgan fingerprint density at radius 3 is 2.94 bits per heavy atom. The van der Waals surface area contributed by atoms with Crippen molar-refractivity contribution in [1.82, 2.24) is 0 Å². The average Bonchev–Trinajstić information content (AvgIpc) is 2.67. The number of hydrogen-bond acceptors (Lipinski definition) is 4. The summed E-state index contributed by atoms with van der Waals surface area (Å²) in [5, 5.41) is 0. The zero-order chi connectivity index (χ0) is 12.4. The van der Waals surface area contributed by atoms with E-state index in [4.69, 9.17) is 15.2 Å². The van der Waals surface area contributed by atoms with E-state index >= 15 is 0 Å². The van der Waals surface area contributed by atoms with Gasteiger partial charge in [-0.05, 0) is 25.1 Å². The first-order chi connectivity index (χ1) is 8.08. The third kappa shape index (κ3) is 2.55. The molecule has 0 bridgehead atoms. The van der Waals surface area contributed by atoms with E-state index in [0.29, 0.717) is 24.3 Å². The summed E-state index contributed by atoms with van der Waals surface area (Å²) in [6.45, 7) is 2.09. The highest BCUT2D eigenvalue weighted by molar-refractivity contribution is 5.76. The Morgan fingerprint density at radius 2 is 2.35 bits per heavy atom. The van der Waals surface area contributed by atoms with E-state index in [1.165, 1.54) is 18.2 Å². The standard InChI is InChI=1S/C12H14FNO3/c1-7(14)9-6-8(13)2-3-10(9)17-11-4-5-16-12(11)15/h2-3,6-7,11H,4-5,14H2,1H3/t7-,11?/m0/s1. The van der Waals surface area contributed by atoms with Crippen LogP contribution >= 0.6 is 0 Å². The molecule has 2 atom stereocenters. The van der Waals surface area contributed by atoms with Gasteiger partial charge in [0.1, 0.15) is 11.6 Å². The first-order valence-electron chi connectivity index (χ1n) is 5.46. The Bertz CT molecular complexity index is 434. The summed E-state index contributed by atoms with van der Waals surface area (Å²) in [5.41, 5.74) is 6.28. The smallest absolute Gasteiger partial charge is 0.347 e. The van der Waals surface area contributed by atoms with E-state index in [1.54, 1.807) is 6.92 Å². The molecule has 5 heteroatoms. The lowest BCUT2D eigenvalue weighted by Crippen LogP contribution is -2.23. The minimum Gasteiger partial charge on any atom is -0.478 e. The van der Waals surface area contributed by atoms with Gasteiger partial charge in [0.25, 0.3) is 0 Å². The highest BCUT2D eigenvalue weighted by atomic mass is 19.1. The van der Waals surface area contributed by atoms with Gasteiger partial charge in [0.05, 0.1) is 6.61 Å². The van der Waals surface area contributed by atoms with Crippen LogP contribution in [0.4, 0.5) is 4.39 Å². The molecular weight excluding hydrogens is 225 g/mol. The molecule has 1 aliphatic heterocycles. The van der Waals surface area contributed by atoms with Crippen LogP contribution in [-0.4, -0.2) is 18.7 Å². The van der Waals surface area contributed by atoms with E-state index in [0.717, 1.165) is 0 Å². The van der Waals surface area contributed by atoms with E-state index in [-0.39, 0.29) is 17.8 Å². The molecule has 0 radical (unpaired) electrons. The van der Waals surface area contributed by atoms with Crippen molar-refractivity contribution in [2.24, 2.45) is 5.73 Å². The topological polar surface area (TPSA) is 61.6 Å². The predicted molar refractivity (Wildman–Crippen MR) is 59.0 cm³/mol. The molecule has 0 aliphatic carbocycles. The number of esters is 1. The average molecular weight is 239 g/mol. The van der Waals surface area contributed by atoms with Crippen LogP contribution in [-0.2, 0) is 9.53 Å². The lowest BCUT2D eigenvalue weighted by Gasteiger charge is -2.16. The Kier molecular flexibility index (Phi) is 3.28. The van der Waals surface area contributed by atoms with Gasteiger partial charge in [-0.15, -0.1) is 0 Å². The fraction of sp³-hybridized carbons (Fsp3) is 0.417. The van der Waals surface area contributed by atoms with Gasteiger partial charge in [0, 0.05) is 18.0 Å². The number of carbonyl (C=O) groups excluding carboxylic acids is 1. The van der Waals surface area contributed by atoms with Crippen molar-refractivity contribution in [3.05, 3.63) is 29.6 Å². The summed E-state index contributed by atoms with van der Waals surface area (Å²) < 4.78 is 23.4. The largest absolute Gasteiger partial charge is 0.478 e. The lowest BCUT2D eigenvalue weighted by molar-refractivity contribution is -0.143. The number of hydrogen-bond donors (Lipinski definition) is 1. The van der Waals surface area contributed by atoms with Crippen LogP contribution in [0.3, 0.4) is 0 Å². The summed E-state index contributed by atoms with van der Waals surface area (Å²) in [7, 11) is 0. The van der Waals surface area contributed by atoms with Gasteiger partial charge in [0.15, 0.2) is 6.10 Å². The van der Waals surface area contributed by atoms with Crippen LogP contribution in [0.25, 0.3) is 0 Å². The Labute approximate surface area is 98.5 Å². The second-order valence-electron chi connectivity index (χ2n) is 4.03. The quantitative estimate of drug-likeness (QED) is 0.813. The highest BCUT2D eigenvalue weighted by Gasteiger charge is 2.29. The molecule has 0 amide bonds. The molecule has 1 fully saturated rings. The number of carbonyl (C=O) groups is 1. The van der Waals surface area contributed by atoms with Crippen LogP contribution in [0.2, 0.25) is 0 Å². The highest BCUT2D eigenvalue weighted by Crippen LogP contribution is 2.27. The molecule has 17 heavy (non-hydrogen) atoms. The SMILES string of the molecule is C[C@H](N)c1cc(F)ccc1OC1CCOC1=O. The minimum atomic E-state index is -0.613. The number of halogens is 1. The summed E-state index contributed by atoms with van der Waals surface area (Å²) in [5.74, 6) is -0.325. The molecule has 4 nitrogen and oxygen atoms in total. The van der Waals surface area contributed by atoms with Crippen LogP contribution in [0.5, 0.6) is 5.75 Å². The Balaban J connectivity index is 2.22. The van der Waals surface area contributed by atoms with Gasteiger partial charge in [-0.2, -0.15) is 0 Å². The van der Waals surface area contributed by atoms with Gasteiger partial charge in [-0.1, -0.05) is 0 Å². The maximum Gasteiger partial charge on any atom is 0.347 e.